The standard InChI is InChI=1S/C14H21N3O2/c1-3-13(18)16-11-4-5-14(15-10-11)19-12-6-8-17(2)9-7-12/h4-5,10,12H,3,6-9H2,1-2H3,(H,16,18). The minimum atomic E-state index is -0.00853. The first-order chi connectivity index (χ1) is 9.17. The van der Waals surface area contributed by atoms with E-state index in [0.29, 0.717) is 18.0 Å². The number of carbonyl (C=O) groups excluding carboxylic acids is 1. The lowest BCUT2D eigenvalue weighted by atomic mass is 10.1. The van der Waals surface area contributed by atoms with Gasteiger partial charge in [0.25, 0.3) is 0 Å². The molecule has 1 amide bonds. The molecule has 0 unspecified atom stereocenters. The first kappa shape index (κ1) is 13.8. The lowest BCUT2D eigenvalue weighted by molar-refractivity contribution is -0.115. The Hall–Kier alpha value is -1.62. The molecule has 1 fully saturated rings. The first-order valence-corrected chi connectivity index (χ1v) is 6.78. The van der Waals surface area contributed by atoms with E-state index in [4.69, 9.17) is 4.74 Å². The number of hydrogen-bond donors (Lipinski definition) is 1. The van der Waals surface area contributed by atoms with E-state index in [9.17, 15) is 4.79 Å². The number of carbonyl (C=O) groups is 1. The van der Waals surface area contributed by atoms with Gasteiger partial charge in [0, 0.05) is 25.6 Å². The summed E-state index contributed by atoms with van der Waals surface area (Å²) in [6.45, 7) is 3.95. The molecule has 1 aromatic heterocycles. The maximum absolute atomic E-state index is 11.2. The predicted molar refractivity (Wildman–Crippen MR) is 74.3 cm³/mol. The maximum Gasteiger partial charge on any atom is 0.224 e. The summed E-state index contributed by atoms with van der Waals surface area (Å²) in [6.07, 6.45) is 4.42. The number of piperidine rings is 1. The van der Waals surface area contributed by atoms with E-state index < -0.39 is 0 Å². The molecule has 19 heavy (non-hydrogen) atoms. The van der Waals surface area contributed by atoms with Crippen LogP contribution in [0.15, 0.2) is 18.3 Å². The molecule has 5 nitrogen and oxygen atoms in total. The molecular formula is C14H21N3O2. The van der Waals surface area contributed by atoms with E-state index in [-0.39, 0.29) is 12.0 Å². The lowest BCUT2D eigenvalue weighted by Gasteiger charge is -2.28. The minimum Gasteiger partial charge on any atom is -0.474 e. The number of nitrogens with one attached hydrogen (secondary N) is 1. The number of ether oxygens (including phenoxy) is 1. The molecule has 0 spiro atoms. The molecule has 2 rings (SSSR count). The molecule has 0 radical (unpaired) electrons. The highest BCUT2D eigenvalue weighted by atomic mass is 16.5. The van der Waals surface area contributed by atoms with Crippen molar-refractivity contribution in [2.24, 2.45) is 0 Å². The summed E-state index contributed by atoms with van der Waals surface area (Å²) in [5.74, 6) is 0.620. The topological polar surface area (TPSA) is 54.5 Å². The van der Waals surface area contributed by atoms with Gasteiger partial charge in [-0.1, -0.05) is 6.92 Å². The smallest absolute Gasteiger partial charge is 0.224 e. The number of nitrogens with zero attached hydrogens (tertiary/aromatic N) is 2. The fraction of sp³-hybridized carbons (Fsp3) is 0.571. The van der Waals surface area contributed by atoms with Crippen molar-refractivity contribution in [2.75, 3.05) is 25.5 Å². The van der Waals surface area contributed by atoms with Crippen molar-refractivity contribution < 1.29 is 9.53 Å². The Kier molecular flexibility index (Phi) is 4.74. The van der Waals surface area contributed by atoms with Crippen molar-refractivity contribution in [3.8, 4) is 5.88 Å². The summed E-state index contributed by atoms with van der Waals surface area (Å²) < 4.78 is 5.84. The Balaban J connectivity index is 1.86. The summed E-state index contributed by atoms with van der Waals surface area (Å²) in [7, 11) is 2.12. The summed E-state index contributed by atoms with van der Waals surface area (Å²) >= 11 is 0. The van der Waals surface area contributed by atoms with Crippen LogP contribution in [0.1, 0.15) is 26.2 Å². The molecule has 0 saturated carbocycles. The minimum absolute atomic E-state index is 0.00853. The van der Waals surface area contributed by atoms with Gasteiger partial charge in [-0.2, -0.15) is 0 Å². The highest BCUT2D eigenvalue weighted by molar-refractivity contribution is 5.90. The van der Waals surface area contributed by atoms with Crippen molar-refractivity contribution in [1.82, 2.24) is 9.88 Å². The van der Waals surface area contributed by atoms with Gasteiger partial charge in [0.05, 0.1) is 11.9 Å². The Morgan fingerprint density at radius 1 is 1.47 bits per heavy atom. The van der Waals surface area contributed by atoms with Gasteiger partial charge in [-0.15, -0.1) is 0 Å². The zero-order valence-electron chi connectivity index (χ0n) is 11.6. The van der Waals surface area contributed by atoms with Gasteiger partial charge in [0.2, 0.25) is 11.8 Å². The highest BCUT2D eigenvalue weighted by Gasteiger charge is 2.18. The second-order valence-electron chi connectivity index (χ2n) is 4.91. The molecule has 104 valence electrons. The third kappa shape index (κ3) is 4.21. The maximum atomic E-state index is 11.2. The lowest BCUT2D eigenvalue weighted by Crippen LogP contribution is -2.35. The van der Waals surface area contributed by atoms with Crippen LogP contribution in [-0.2, 0) is 4.79 Å². The summed E-state index contributed by atoms with van der Waals surface area (Å²) in [5, 5.41) is 2.76. The summed E-state index contributed by atoms with van der Waals surface area (Å²) in [4.78, 5) is 17.8. The van der Waals surface area contributed by atoms with E-state index in [1.54, 1.807) is 6.20 Å². The molecule has 1 saturated heterocycles. The number of anilines is 1. The van der Waals surface area contributed by atoms with Crippen LogP contribution < -0.4 is 10.1 Å². The fourth-order valence-electron chi connectivity index (χ4n) is 2.05. The Labute approximate surface area is 114 Å². The van der Waals surface area contributed by atoms with Crippen LogP contribution in [-0.4, -0.2) is 42.0 Å². The van der Waals surface area contributed by atoms with Crippen LogP contribution >= 0.6 is 0 Å². The summed E-state index contributed by atoms with van der Waals surface area (Å²) in [6, 6.07) is 3.63. The average molecular weight is 263 g/mol. The Bertz CT molecular complexity index is 411. The van der Waals surface area contributed by atoms with E-state index in [1.807, 2.05) is 19.1 Å². The van der Waals surface area contributed by atoms with Crippen LogP contribution in [0, 0.1) is 0 Å². The van der Waals surface area contributed by atoms with Gasteiger partial charge in [-0.3, -0.25) is 4.79 Å². The average Bonchev–Trinajstić information content (AvgIpc) is 2.43. The molecule has 1 aliphatic heterocycles. The number of aromatic nitrogens is 1. The van der Waals surface area contributed by atoms with Crippen LogP contribution in [0.5, 0.6) is 5.88 Å². The quantitative estimate of drug-likeness (QED) is 0.901. The summed E-state index contributed by atoms with van der Waals surface area (Å²) in [5.41, 5.74) is 0.711. The van der Waals surface area contributed by atoms with E-state index in [1.165, 1.54) is 0 Å². The third-order valence-corrected chi connectivity index (χ3v) is 3.29. The number of hydrogen-bond acceptors (Lipinski definition) is 4. The molecule has 1 aromatic rings. The van der Waals surface area contributed by atoms with Gasteiger partial charge in [0.1, 0.15) is 6.10 Å². The van der Waals surface area contributed by atoms with Gasteiger partial charge < -0.3 is 15.0 Å². The van der Waals surface area contributed by atoms with Crippen molar-refractivity contribution >= 4 is 11.6 Å². The van der Waals surface area contributed by atoms with Gasteiger partial charge in [-0.25, -0.2) is 4.98 Å². The number of amides is 1. The molecule has 0 bridgehead atoms. The van der Waals surface area contributed by atoms with Crippen molar-refractivity contribution in [1.29, 1.82) is 0 Å². The number of likely N-dealkylation sites (tertiary alicyclic amines) is 1. The molecular weight excluding hydrogens is 242 g/mol. The number of pyridine rings is 1. The first-order valence-electron chi connectivity index (χ1n) is 6.78. The Morgan fingerprint density at radius 3 is 2.79 bits per heavy atom. The van der Waals surface area contributed by atoms with Crippen LogP contribution in [0.4, 0.5) is 5.69 Å². The SMILES string of the molecule is CCC(=O)Nc1ccc(OC2CCN(C)CC2)nc1. The van der Waals surface area contributed by atoms with E-state index in [0.717, 1.165) is 25.9 Å². The van der Waals surface area contributed by atoms with Gasteiger partial charge >= 0.3 is 0 Å². The predicted octanol–water partition coefficient (Wildman–Crippen LogP) is 1.90. The van der Waals surface area contributed by atoms with Gasteiger partial charge in [0.15, 0.2) is 0 Å². The molecule has 0 atom stereocenters. The van der Waals surface area contributed by atoms with Crippen molar-refractivity contribution in [3.05, 3.63) is 18.3 Å². The van der Waals surface area contributed by atoms with E-state index in [2.05, 4.69) is 22.2 Å². The molecule has 2 heterocycles. The molecule has 0 aliphatic carbocycles. The second-order valence-corrected chi connectivity index (χ2v) is 4.91. The van der Waals surface area contributed by atoms with Crippen molar-refractivity contribution in [2.45, 2.75) is 32.3 Å². The molecule has 5 heteroatoms. The van der Waals surface area contributed by atoms with E-state index >= 15 is 0 Å². The van der Waals surface area contributed by atoms with Gasteiger partial charge in [-0.05, 0) is 26.0 Å². The van der Waals surface area contributed by atoms with Crippen LogP contribution in [0.3, 0.4) is 0 Å². The number of rotatable bonds is 4. The fourth-order valence-corrected chi connectivity index (χ4v) is 2.05. The highest BCUT2D eigenvalue weighted by Crippen LogP contribution is 2.18. The Morgan fingerprint density at radius 2 is 2.21 bits per heavy atom. The monoisotopic (exact) mass is 263 g/mol. The van der Waals surface area contributed by atoms with Crippen molar-refractivity contribution in [3.63, 3.8) is 0 Å². The molecule has 1 N–H and O–H groups in total. The zero-order valence-corrected chi connectivity index (χ0v) is 11.6. The largest absolute Gasteiger partial charge is 0.474 e. The van der Waals surface area contributed by atoms with Crippen LogP contribution in [0.25, 0.3) is 0 Å². The van der Waals surface area contributed by atoms with Crippen LogP contribution in [0.2, 0.25) is 0 Å². The normalized spacial score (nSPS) is 17.2. The molecule has 1 aliphatic rings. The second kappa shape index (κ2) is 6.52. The zero-order chi connectivity index (χ0) is 13.7. The molecule has 0 aromatic carbocycles. The third-order valence-electron chi connectivity index (χ3n) is 3.29.